The molecule has 114 valence electrons. The van der Waals surface area contributed by atoms with Crippen LogP contribution in [0, 0.1) is 0 Å². The van der Waals surface area contributed by atoms with Crippen molar-refractivity contribution >= 4 is 16.8 Å². The van der Waals surface area contributed by atoms with Crippen LogP contribution in [0.1, 0.15) is 5.56 Å². The van der Waals surface area contributed by atoms with E-state index in [9.17, 15) is 22.8 Å². The van der Waals surface area contributed by atoms with E-state index in [0.717, 1.165) is 0 Å². The van der Waals surface area contributed by atoms with Crippen LogP contribution in [0.25, 0.3) is 10.9 Å². The zero-order chi connectivity index (χ0) is 15.6. The lowest BCUT2D eigenvalue weighted by Crippen LogP contribution is -2.37. The lowest BCUT2D eigenvalue weighted by molar-refractivity contribution is -0.173. The molecule has 0 fully saturated rings. The summed E-state index contributed by atoms with van der Waals surface area (Å²) in [4.78, 5) is 22.4. The van der Waals surface area contributed by atoms with Crippen LogP contribution in [0.2, 0.25) is 0 Å². The van der Waals surface area contributed by atoms with Gasteiger partial charge in [0.1, 0.15) is 11.3 Å². The second kappa shape index (κ2) is 5.51. The number of ether oxygens (including phenoxy) is 1. The van der Waals surface area contributed by atoms with Gasteiger partial charge in [-0.15, -0.1) is 0 Å². The Labute approximate surface area is 116 Å². The van der Waals surface area contributed by atoms with Gasteiger partial charge in [0, 0.05) is 6.54 Å². The van der Waals surface area contributed by atoms with Gasteiger partial charge in [-0.05, 0) is 18.1 Å². The zero-order valence-corrected chi connectivity index (χ0v) is 10.9. The van der Waals surface area contributed by atoms with Crippen molar-refractivity contribution < 1.29 is 22.7 Å². The molecule has 2 rings (SSSR count). The fraction of sp³-hybridized carbons (Fsp3) is 0.333. The van der Waals surface area contributed by atoms with Crippen molar-refractivity contribution in [2.45, 2.75) is 12.6 Å². The van der Waals surface area contributed by atoms with Gasteiger partial charge in [0.05, 0.1) is 12.5 Å². The standard InChI is InChI=1S/C12H12F3N3O3/c1-21-7-3-2-6(8-9(7)17-18-10(8)19)4-5-16-11(20)12(13,14)15/h2-3H,4-5H2,1H3,(H,16,20)(H2,17,18,19). The lowest BCUT2D eigenvalue weighted by Gasteiger charge is -2.09. The van der Waals surface area contributed by atoms with E-state index in [1.165, 1.54) is 7.11 Å². The Morgan fingerprint density at radius 3 is 2.67 bits per heavy atom. The number of benzene rings is 1. The van der Waals surface area contributed by atoms with Gasteiger partial charge in [0.15, 0.2) is 0 Å². The summed E-state index contributed by atoms with van der Waals surface area (Å²) in [6.45, 7) is -0.232. The summed E-state index contributed by atoms with van der Waals surface area (Å²) in [5, 5.41) is 7.09. The molecule has 6 nitrogen and oxygen atoms in total. The minimum atomic E-state index is -4.92. The van der Waals surface area contributed by atoms with E-state index in [-0.39, 0.29) is 13.0 Å². The summed E-state index contributed by atoms with van der Waals surface area (Å²) in [7, 11) is 1.43. The molecule has 0 bridgehead atoms. The maximum Gasteiger partial charge on any atom is 0.471 e. The number of alkyl halides is 3. The lowest BCUT2D eigenvalue weighted by atomic mass is 10.1. The van der Waals surface area contributed by atoms with Crippen LogP contribution in [-0.4, -0.2) is 35.9 Å². The van der Waals surface area contributed by atoms with Crippen molar-refractivity contribution in [2.24, 2.45) is 0 Å². The molecular weight excluding hydrogens is 291 g/mol. The topological polar surface area (TPSA) is 87.0 Å². The number of hydrogen-bond acceptors (Lipinski definition) is 3. The summed E-state index contributed by atoms with van der Waals surface area (Å²) in [5.41, 5.74) is 0.541. The number of H-pyrrole nitrogens is 2. The highest BCUT2D eigenvalue weighted by Gasteiger charge is 2.38. The molecule has 0 aliphatic rings. The predicted molar refractivity (Wildman–Crippen MR) is 68.2 cm³/mol. The number of aromatic amines is 2. The second-order valence-corrected chi connectivity index (χ2v) is 4.26. The summed E-state index contributed by atoms with van der Waals surface area (Å²) in [6.07, 6.45) is -4.83. The van der Waals surface area contributed by atoms with Crippen LogP contribution in [-0.2, 0) is 11.2 Å². The number of nitrogens with one attached hydrogen (secondary N) is 3. The number of carbonyl (C=O) groups is 1. The Morgan fingerprint density at radius 1 is 1.33 bits per heavy atom. The predicted octanol–water partition coefficient (Wildman–Crippen LogP) is 1.09. The number of hydrogen-bond donors (Lipinski definition) is 3. The first-order valence-electron chi connectivity index (χ1n) is 5.96. The Hall–Kier alpha value is -2.45. The largest absolute Gasteiger partial charge is 0.494 e. The van der Waals surface area contributed by atoms with Gasteiger partial charge in [0.25, 0.3) is 5.56 Å². The van der Waals surface area contributed by atoms with E-state index in [1.807, 2.05) is 0 Å². The zero-order valence-electron chi connectivity index (χ0n) is 10.9. The molecule has 1 amide bonds. The van der Waals surface area contributed by atoms with E-state index >= 15 is 0 Å². The first-order valence-corrected chi connectivity index (χ1v) is 5.96. The molecule has 2 aromatic rings. The third-order valence-electron chi connectivity index (χ3n) is 2.94. The summed E-state index contributed by atoms with van der Waals surface area (Å²) in [6, 6.07) is 3.16. The average Bonchev–Trinajstić information content (AvgIpc) is 2.80. The fourth-order valence-corrected chi connectivity index (χ4v) is 1.98. The Balaban J connectivity index is 2.18. The number of fused-ring (bicyclic) bond motifs is 1. The number of amides is 1. The molecule has 0 unspecified atom stereocenters. The minimum Gasteiger partial charge on any atom is -0.494 e. The van der Waals surface area contributed by atoms with Gasteiger partial charge in [-0.2, -0.15) is 13.2 Å². The van der Waals surface area contributed by atoms with E-state index in [0.29, 0.717) is 22.2 Å². The minimum absolute atomic E-state index is 0.0866. The summed E-state index contributed by atoms with van der Waals surface area (Å²) in [5.74, 6) is -1.57. The molecule has 1 aromatic heterocycles. The van der Waals surface area contributed by atoms with Crippen molar-refractivity contribution in [3.63, 3.8) is 0 Å². The van der Waals surface area contributed by atoms with Crippen molar-refractivity contribution in [1.82, 2.24) is 15.5 Å². The molecule has 9 heteroatoms. The van der Waals surface area contributed by atoms with Crippen LogP contribution in [0.5, 0.6) is 5.75 Å². The van der Waals surface area contributed by atoms with E-state index < -0.39 is 17.6 Å². The number of methoxy groups -OCH3 is 1. The van der Waals surface area contributed by atoms with Crippen molar-refractivity contribution in [1.29, 1.82) is 0 Å². The van der Waals surface area contributed by atoms with Gasteiger partial charge >= 0.3 is 12.1 Å². The molecule has 3 N–H and O–H groups in total. The molecule has 0 radical (unpaired) electrons. The molecule has 0 saturated heterocycles. The summed E-state index contributed by atoms with van der Waals surface area (Å²) >= 11 is 0. The molecule has 0 aliphatic heterocycles. The third kappa shape index (κ3) is 3.01. The first-order chi connectivity index (χ1) is 9.84. The van der Waals surface area contributed by atoms with Crippen LogP contribution >= 0.6 is 0 Å². The smallest absolute Gasteiger partial charge is 0.471 e. The molecule has 0 spiro atoms. The molecule has 0 aliphatic carbocycles. The SMILES string of the molecule is COc1ccc(CCNC(=O)C(F)(F)F)c2c(=O)[nH][nH]c12. The van der Waals surface area contributed by atoms with Crippen molar-refractivity contribution in [2.75, 3.05) is 13.7 Å². The second-order valence-electron chi connectivity index (χ2n) is 4.26. The summed E-state index contributed by atoms with van der Waals surface area (Å²) < 4.78 is 41.2. The molecule has 21 heavy (non-hydrogen) atoms. The highest BCUT2D eigenvalue weighted by atomic mass is 19.4. The molecule has 0 saturated carbocycles. The van der Waals surface area contributed by atoms with E-state index in [4.69, 9.17) is 4.74 Å². The first kappa shape index (κ1) is 14.9. The van der Waals surface area contributed by atoms with Crippen LogP contribution < -0.4 is 15.6 Å². The maximum atomic E-state index is 12.1. The highest BCUT2D eigenvalue weighted by Crippen LogP contribution is 2.24. The maximum absolute atomic E-state index is 12.1. The average molecular weight is 303 g/mol. The van der Waals surface area contributed by atoms with Gasteiger partial charge in [-0.3, -0.25) is 19.8 Å². The van der Waals surface area contributed by atoms with Crippen LogP contribution in [0.3, 0.4) is 0 Å². The van der Waals surface area contributed by atoms with Crippen LogP contribution in [0.4, 0.5) is 13.2 Å². The van der Waals surface area contributed by atoms with Gasteiger partial charge < -0.3 is 10.1 Å². The van der Waals surface area contributed by atoms with Gasteiger partial charge in [-0.25, -0.2) is 0 Å². The van der Waals surface area contributed by atoms with E-state index in [1.54, 1.807) is 17.4 Å². The normalized spacial score (nSPS) is 11.6. The number of rotatable bonds is 4. The Morgan fingerprint density at radius 2 is 2.05 bits per heavy atom. The fourth-order valence-electron chi connectivity index (χ4n) is 1.98. The third-order valence-corrected chi connectivity index (χ3v) is 2.94. The molecule has 1 heterocycles. The quantitative estimate of drug-likeness (QED) is 0.790. The highest BCUT2D eigenvalue weighted by molar-refractivity contribution is 5.87. The Kier molecular flexibility index (Phi) is 3.92. The molecule has 1 aromatic carbocycles. The molecular formula is C12H12F3N3O3. The van der Waals surface area contributed by atoms with E-state index in [2.05, 4.69) is 10.2 Å². The van der Waals surface area contributed by atoms with Gasteiger partial charge in [0.2, 0.25) is 0 Å². The van der Waals surface area contributed by atoms with Crippen molar-refractivity contribution in [3.05, 3.63) is 28.0 Å². The number of halogens is 3. The van der Waals surface area contributed by atoms with Crippen LogP contribution in [0.15, 0.2) is 16.9 Å². The van der Waals surface area contributed by atoms with Gasteiger partial charge in [-0.1, -0.05) is 6.07 Å². The Bertz CT molecular complexity index is 718. The van der Waals surface area contributed by atoms with Crippen molar-refractivity contribution in [3.8, 4) is 5.75 Å². The number of aromatic nitrogens is 2. The number of carbonyl (C=O) groups excluding carboxylic acids is 1. The molecule has 0 atom stereocenters. The monoisotopic (exact) mass is 303 g/mol.